The van der Waals surface area contributed by atoms with Crippen LogP contribution in [0.4, 0.5) is 0 Å². The Balaban J connectivity index is 3.04. The van der Waals surface area contributed by atoms with Crippen molar-refractivity contribution in [2.45, 2.75) is 19.7 Å². The first-order valence-electron chi connectivity index (χ1n) is 5.36. The third kappa shape index (κ3) is 3.54. The molecule has 1 aromatic carbocycles. The third-order valence-corrected chi connectivity index (χ3v) is 4.56. The van der Waals surface area contributed by atoms with E-state index in [1.165, 1.54) is 0 Å². The monoisotopic (exact) mass is 278 g/mol. The van der Waals surface area contributed by atoms with Gasteiger partial charge in [-0.25, -0.2) is 0 Å². The van der Waals surface area contributed by atoms with Crippen molar-refractivity contribution in [2.24, 2.45) is 0 Å². The van der Waals surface area contributed by atoms with Crippen LogP contribution in [0.25, 0.3) is 0 Å². The maximum Gasteiger partial charge on any atom is 0.363 e. The SMILES string of the molecule is CCOP(=O)(OCC)[C@H](O)c1ccccc1Cl. The largest absolute Gasteiger partial charge is 0.376 e. The Bertz CT molecular complexity index is 400. The maximum absolute atomic E-state index is 12.3. The van der Waals surface area contributed by atoms with Crippen LogP contribution in [-0.2, 0) is 13.6 Å². The van der Waals surface area contributed by atoms with Gasteiger partial charge in [-0.05, 0) is 19.9 Å². The number of rotatable bonds is 6. The first-order valence-corrected chi connectivity index (χ1v) is 7.35. The summed E-state index contributed by atoms with van der Waals surface area (Å²) in [4.78, 5) is 0. The van der Waals surface area contributed by atoms with Crippen molar-refractivity contribution in [1.82, 2.24) is 0 Å². The Morgan fingerprint density at radius 2 is 1.82 bits per heavy atom. The van der Waals surface area contributed by atoms with E-state index in [1.807, 2.05) is 0 Å². The number of aliphatic hydroxyl groups excluding tert-OH is 1. The molecular weight excluding hydrogens is 263 g/mol. The Morgan fingerprint density at radius 1 is 1.29 bits per heavy atom. The molecule has 1 atom stereocenters. The van der Waals surface area contributed by atoms with Crippen LogP contribution in [0, 0.1) is 0 Å². The quantitative estimate of drug-likeness (QED) is 0.808. The lowest BCUT2D eigenvalue weighted by Crippen LogP contribution is -2.06. The molecule has 0 aliphatic rings. The van der Waals surface area contributed by atoms with E-state index in [1.54, 1.807) is 38.1 Å². The molecule has 6 heteroatoms. The Labute approximate surface area is 106 Å². The first-order chi connectivity index (χ1) is 8.05. The summed E-state index contributed by atoms with van der Waals surface area (Å²) < 4.78 is 22.4. The zero-order valence-corrected chi connectivity index (χ0v) is 11.4. The summed E-state index contributed by atoms with van der Waals surface area (Å²) in [5.41, 5.74) is 0.347. The molecule has 0 radical (unpaired) electrons. The van der Waals surface area contributed by atoms with Crippen molar-refractivity contribution in [3.05, 3.63) is 34.9 Å². The topological polar surface area (TPSA) is 55.8 Å². The molecule has 0 bridgehead atoms. The van der Waals surface area contributed by atoms with Crippen molar-refractivity contribution in [1.29, 1.82) is 0 Å². The van der Waals surface area contributed by atoms with Gasteiger partial charge in [0.1, 0.15) is 0 Å². The minimum Gasteiger partial charge on any atom is -0.376 e. The highest BCUT2D eigenvalue weighted by atomic mass is 35.5. The highest BCUT2D eigenvalue weighted by molar-refractivity contribution is 7.54. The molecule has 0 saturated carbocycles. The van der Waals surface area contributed by atoms with E-state index in [4.69, 9.17) is 20.6 Å². The minimum atomic E-state index is -3.59. The third-order valence-electron chi connectivity index (χ3n) is 2.10. The second-order valence-corrected chi connectivity index (χ2v) is 5.76. The van der Waals surface area contributed by atoms with Gasteiger partial charge in [0.25, 0.3) is 0 Å². The van der Waals surface area contributed by atoms with E-state index in [9.17, 15) is 9.67 Å². The summed E-state index contributed by atoms with van der Waals surface area (Å²) >= 11 is 5.93. The molecule has 1 N–H and O–H groups in total. The average molecular weight is 279 g/mol. The van der Waals surface area contributed by atoms with Crippen LogP contribution in [0.15, 0.2) is 24.3 Å². The number of hydrogen-bond acceptors (Lipinski definition) is 4. The molecule has 4 nitrogen and oxygen atoms in total. The van der Waals surface area contributed by atoms with Gasteiger partial charge in [0.15, 0.2) is 5.85 Å². The van der Waals surface area contributed by atoms with Crippen LogP contribution in [0.5, 0.6) is 0 Å². The van der Waals surface area contributed by atoms with Crippen LogP contribution < -0.4 is 0 Å². The van der Waals surface area contributed by atoms with Gasteiger partial charge in [-0.3, -0.25) is 4.57 Å². The molecule has 1 aromatic rings. The fourth-order valence-electron chi connectivity index (χ4n) is 1.39. The molecule has 96 valence electrons. The van der Waals surface area contributed by atoms with E-state index >= 15 is 0 Å². The predicted octanol–water partition coefficient (Wildman–Crippen LogP) is 3.60. The van der Waals surface area contributed by atoms with Crippen molar-refractivity contribution < 1.29 is 18.7 Å². The number of benzene rings is 1. The molecule has 17 heavy (non-hydrogen) atoms. The first kappa shape index (κ1) is 14.7. The van der Waals surface area contributed by atoms with Crippen molar-refractivity contribution in [2.75, 3.05) is 13.2 Å². The van der Waals surface area contributed by atoms with Crippen molar-refractivity contribution in [3.8, 4) is 0 Å². The average Bonchev–Trinajstić information content (AvgIpc) is 2.29. The van der Waals surface area contributed by atoms with Gasteiger partial charge in [0.05, 0.1) is 13.2 Å². The molecule has 0 unspecified atom stereocenters. The van der Waals surface area contributed by atoms with Gasteiger partial charge in [0.2, 0.25) is 0 Å². The van der Waals surface area contributed by atoms with Gasteiger partial charge in [-0.1, -0.05) is 29.8 Å². The van der Waals surface area contributed by atoms with Gasteiger partial charge in [0, 0.05) is 10.6 Å². The van der Waals surface area contributed by atoms with E-state index in [-0.39, 0.29) is 13.2 Å². The van der Waals surface area contributed by atoms with Gasteiger partial charge in [-0.2, -0.15) is 0 Å². The minimum absolute atomic E-state index is 0.193. The lowest BCUT2D eigenvalue weighted by molar-refractivity contribution is 0.150. The predicted molar refractivity (Wildman–Crippen MR) is 67.3 cm³/mol. The standard InChI is InChI=1S/C11H16ClO4P/c1-3-15-17(14,16-4-2)11(13)9-7-5-6-8-10(9)12/h5-8,11,13H,3-4H2,1-2H3/t11-/m0/s1. The van der Waals surface area contributed by atoms with Crippen molar-refractivity contribution >= 4 is 19.2 Å². The van der Waals surface area contributed by atoms with Crippen LogP contribution in [-0.4, -0.2) is 18.3 Å². The van der Waals surface area contributed by atoms with E-state index in [0.29, 0.717) is 10.6 Å². The lowest BCUT2D eigenvalue weighted by atomic mass is 10.2. The Morgan fingerprint density at radius 3 is 2.29 bits per heavy atom. The molecule has 0 saturated heterocycles. The van der Waals surface area contributed by atoms with Crippen LogP contribution >= 0.6 is 19.2 Å². The number of aliphatic hydroxyl groups is 1. The zero-order chi connectivity index (χ0) is 12.9. The molecule has 0 aliphatic heterocycles. The second kappa shape index (κ2) is 6.53. The highest BCUT2D eigenvalue weighted by Crippen LogP contribution is 2.60. The molecule has 0 heterocycles. The fraction of sp³-hybridized carbons (Fsp3) is 0.455. The van der Waals surface area contributed by atoms with Crippen molar-refractivity contribution in [3.63, 3.8) is 0 Å². The molecular formula is C11H16ClO4P. The molecule has 0 amide bonds. The maximum atomic E-state index is 12.3. The van der Waals surface area contributed by atoms with E-state index in [0.717, 1.165) is 0 Å². The van der Waals surface area contributed by atoms with E-state index in [2.05, 4.69) is 0 Å². The molecule has 0 spiro atoms. The van der Waals surface area contributed by atoms with Gasteiger partial charge < -0.3 is 14.2 Å². The highest BCUT2D eigenvalue weighted by Gasteiger charge is 2.36. The summed E-state index contributed by atoms with van der Waals surface area (Å²) in [6.07, 6.45) is 0. The van der Waals surface area contributed by atoms with Gasteiger partial charge in [-0.15, -0.1) is 0 Å². The fourth-order valence-corrected chi connectivity index (χ4v) is 3.35. The number of halogens is 1. The molecule has 1 rings (SSSR count). The lowest BCUT2D eigenvalue weighted by Gasteiger charge is -2.23. The van der Waals surface area contributed by atoms with Gasteiger partial charge >= 0.3 is 7.60 Å². The van der Waals surface area contributed by atoms with Crippen LogP contribution in [0.2, 0.25) is 5.02 Å². The van der Waals surface area contributed by atoms with E-state index < -0.39 is 13.4 Å². The summed E-state index contributed by atoms with van der Waals surface area (Å²) in [5.74, 6) is -1.36. The van der Waals surface area contributed by atoms with Crippen LogP contribution in [0.3, 0.4) is 0 Å². The smallest absolute Gasteiger partial charge is 0.363 e. The normalized spacial score (nSPS) is 13.6. The number of hydrogen-bond donors (Lipinski definition) is 1. The summed E-state index contributed by atoms with van der Waals surface area (Å²) in [6, 6.07) is 6.64. The van der Waals surface area contributed by atoms with Crippen LogP contribution in [0.1, 0.15) is 25.3 Å². The molecule has 0 fully saturated rings. The Kier molecular flexibility index (Phi) is 5.63. The Hall–Kier alpha value is -0.380. The molecule has 0 aliphatic carbocycles. The zero-order valence-electron chi connectivity index (χ0n) is 9.80. The molecule has 0 aromatic heterocycles. The second-order valence-electron chi connectivity index (χ2n) is 3.27. The summed E-state index contributed by atoms with van der Waals surface area (Å²) in [5, 5.41) is 10.4. The summed E-state index contributed by atoms with van der Waals surface area (Å²) in [6.45, 7) is 3.76. The summed E-state index contributed by atoms with van der Waals surface area (Å²) in [7, 11) is -3.59.